The molecule has 8 heteroatoms. The van der Waals surface area contributed by atoms with Gasteiger partial charge in [0.1, 0.15) is 13.2 Å². The lowest BCUT2D eigenvalue weighted by atomic mass is 10.0. The van der Waals surface area contributed by atoms with Crippen molar-refractivity contribution in [3.05, 3.63) is 82.9 Å². The normalized spacial score (nSPS) is 13.2. The van der Waals surface area contributed by atoms with Crippen molar-refractivity contribution in [3.63, 3.8) is 0 Å². The molecule has 1 heterocycles. The molecular weight excluding hydrogens is 460 g/mol. The minimum absolute atomic E-state index is 0.0441. The highest BCUT2D eigenvalue weighted by Gasteiger charge is 2.22. The quantitative estimate of drug-likeness (QED) is 0.445. The number of hydrogen-bond acceptors (Lipinski definition) is 5. The second-order valence-electron chi connectivity index (χ2n) is 7.37. The average Bonchev–Trinajstić information content (AvgIpc) is 2.84. The molecule has 33 heavy (non-hydrogen) atoms. The van der Waals surface area contributed by atoms with Gasteiger partial charge in [-0.05, 0) is 30.0 Å². The molecule has 0 fully saturated rings. The minimum atomic E-state index is -0.537. The average molecular weight is 483 g/mol. The Balaban J connectivity index is 1.54. The second-order valence-corrected chi connectivity index (χ2v) is 8.62. The SMILES string of the molecule is CSc1cc2c(cc1NC(=O)CC(NC(=O)c1ccccc1Cl)c1ccccc1)OCCO2. The number of benzene rings is 3. The second kappa shape index (κ2) is 10.6. The Labute approximate surface area is 201 Å². The van der Waals surface area contributed by atoms with Crippen molar-refractivity contribution in [3.8, 4) is 11.5 Å². The number of fused-ring (bicyclic) bond motifs is 1. The number of amides is 2. The Morgan fingerprint density at radius 3 is 2.36 bits per heavy atom. The highest BCUT2D eigenvalue weighted by molar-refractivity contribution is 7.98. The topological polar surface area (TPSA) is 76.7 Å². The predicted octanol–water partition coefficient (Wildman–Crippen LogP) is 5.33. The van der Waals surface area contributed by atoms with Gasteiger partial charge in [-0.15, -0.1) is 11.8 Å². The fourth-order valence-corrected chi connectivity index (χ4v) is 4.32. The van der Waals surface area contributed by atoms with Gasteiger partial charge in [0.15, 0.2) is 11.5 Å². The van der Waals surface area contributed by atoms with Gasteiger partial charge in [0.2, 0.25) is 5.91 Å². The lowest BCUT2D eigenvalue weighted by molar-refractivity contribution is -0.116. The first-order chi connectivity index (χ1) is 16.0. The Hall–Kier alpha value is -3.16. The fourth-order valence-electron chi connectivity index (χ4n) is 3.54. The first-order valence-corrected chi connectivity index (χ1v) is 12.0. The predicted molar refractivity (Wildman–Crippen MR) is 131 cm³/mol. The molecule has 2 N–H and O–H groups in total. The molecule has 1 aliphatic rings. The molecule has 2 amide bonds. The summed E-state index contributed by atoms with van der Waals surface area (Å²) in [7, 11) is 0. The van der Waals surface area contributed by atoms with Crippen LogP contribution in [0.4, 0.5) is 5.69 Å². The summed E-state index contributed by atoms with van der Waals surface area (Å²) in [5, 5.41) is 6.27. The maximum absolute atomic E-state index is 13.0. The molecule has 0 radical (unpaired) electrons. The zero-order chi connectivity index (χ0) is 23.2. The van der Waals surface area contributed by atoms with Crippen LogP contribution in [0.3, 0.4) is 0 Å². The van der Waals surface area contributed by atoms with Gasteiger partial charge in [-0.2, -0.15) is 0 Å². The van der Waals surface area contributed by atoms with Gasteiger partial charge in [0, 0.05) is 11.0 Å². The number of anilines is 1. The number of rotatable bonds is 7. The summed E-state index contributed by atoms with van der Waals surface area (Å²) < 4.78 is 11.3. The van der Waals surface area contributed by atoms with E-state index >= 15 is 0 Å². The van der Waals surface area contributed by atoms with Crippen molar-refractivity contribution in [2.24, 2.45) is 0 Å². The summed E-state index contributed by atoms with van der Waals surface area (Å²) in [6, 6.07) is 19.3. The lowest BCUT2D eigenvalue weighted by Crippen LogP contribution is -2.31. The van der Waals surface area contributed by atoms with Crippen LogP contribution in [0.2, 0.25) is 5.02 Å². The van der Waals surface area contributed by atoms with Crippen molar-refractivity contribution >= 4 is 40.9 Å². The third-order valence-electron chi connectivity index (χ3n) is 5.15. The van der Waals surface area contributed by atoms with Crippen molar-refractivity contribution in [1.82, 2.24) is 5.32 Å². The van der Waals surface area contributed by atoms with Gasteiger partial charge in [-0.3, -0.25) is 9.59 Å². The number of ether oxygens (including phenoxy) is 2. The Morgan fingerprint density at radius 2 is 1.67 bits per heavy atom. The first kappa shape index (κ1) is 23.0. The van der Waals surface area contributed by atoms with Crippen molar-refractivity contribution in [1.29, 1.82) is 0 Å². The van der Waals surface area contributed by atoms with Gasteiger partial charge in [-0.25, -0.2) is 0 Å². The molecule has 0 saturated heterocycles. The van der Waals surface area contributed by atoms with Gasteiger partial charge < -0.3 is 20.1 Å². The van der Waals surface area contributed by atoms with Gasteiger partial charge in [-0.1, -0.05) is 54.1 Å². The van der Waals surface area contributed by atoms with Crippen molar-refractivity contribution < 1.29 is 19.1 Å². The van der Waals surface area contributed by atoms with E-state index in [-0.39, 0.29) is 18.2 Å². The Kier molecular flexibility index (Phi) is 7.42. The van der Waals surface area contributed by atoms with Crippen LogP contribution in [0.15, 0.2) is 71.6 Å². The maximum atomic E-state index is 13.0. The highest BCUT2D eigenvalue weighted by atomic mass is 35.5. The Bertz CT molecular complexity index is 1160. The van der Waals surface area contributed by atoms with E-state index in [1.807, 2.05) is 42.7 Å². The molecule has 1 aliphatic heterocycles. The van der Waals surface area contributed by atoms with Crippen LogP contribution in [0, 0.1) is 0 Å². The molecule has 0 aliphatic carbocycles. The van der Waals surface area contributed by atoms with Crippen LogP contribution in [-0.4, -0.2) is 31.3 Å². The summed E-state index contributed by atoms with van der Waals surface area (Å²) in [6.07, 6.45) is 1.97. The number of hydrogen-bond donors (Lipinski definition) is 2. The van der Waals surface area contributed by atoms with Crippen molar-refractivity contribution in [2.75, 3.05) is 24.8 Å². The maximum Gasteiger partial charge on any atom is 0.253 e. The van der Waals surface area contributed by atoms with E-state index in [1.165, 1.54) is 11.8 Å². The van der Waals surface area contributed by atoms with Crippen LogP contribution in [-0.2, 0) is 4.79 Å². The van der Waals surface area contributed by atoms with Gasteiger partial charge in [0.25, 0.3) is 5.91 Å². The summed E-state index contributed by atoms with van der Waals surface area (Å²) in [5.74, 6) is 0.681. The zero-order valence-electron chi connectivity index (χ0n) is 18.0. The lowest BCUT2D eigenvalue weighted by Gasteiger charge is -2.22. The van der Waals surface area contributed by atoms with Gasteiger partial charge in [0.05, 0.1) is 28.7 Å². The van der Waals surface area contributed by atoms with E-state index in [1.54, 1.807) is 30.3 Å². The standard InChI is InChI=1S/C25H23ClN2O4S/c1-33-23-15-22-21(31-11-12-32-22)13-20(23)27-24(29)14-19(16-7-3-2-4-8-16)28-25(30)17-9-5-6-10-18(17)26/h2-10,13,15,19H,11-12,14H2,1H3,(H,27,29)(H,28,30). The molecule has 3 aromatic carbocycles. The number of thioether (sulfide) groups is 1. The molecule has 170 valence electrons. The summed E-state index contributed by atoms with van der Waals surface area (Å²) in [5.41, 5.74) is 1.82. The minimum Gasteiger partial charge on any atom is -0.486 e. The third-order valence-corrected chi connectivity index (χ3v) is 6.26. The molecule has 0 aromatic heterocycles. The molecule has 3 aromatic rings. The van der Waals surface area contributed by atoms with E-state index in [2.05, 4.69) is 10.6 Å². The van der Waals surface area contributed by atoms with E-state index in [9.17, 15) is 9.59 Å². The Morgan fingerprint density at radius 1 is 1.00 bits per heavy atom. The van der Waals surface area contributed by atoms with Crippen LogP contribution in [0.5, 0.6) is 11.5 Å². The molecule has 1 atom stereocenters. The smallest absolute Gasteiger partial charge is 0.253 e. The first-order valence-electron chi connectivity index (χ1n) is 10.4. The van der Waals surface area contributed by atoms with E-state index in [4.69, 9.17) is 21.1 Å². The number of carbonyl (C=O) groups is 2. The molecule has 0 spiro atoms. The van der Waals surface area contributed by atoms with Crippen LogP contribution < -0.4 is 20.1 Å². The number of nitrogens with one attached hydrogen (secondary N) is 2. The number of halogens is 1. The molecule has 6 nitrogen and oxygen atoms in total. The van der Waals surface area contributed by atoms with Crippen molar-refractivity contribution in [2.45, 2.75) is 17.4 Å². The van der Waals surface area contributed by atoms with Crippen LogP contribution in [0.1, 0.15) is 28.4 Å². The zero-order valence-corrected chi connectivity index (χ0v) is 19.5. The van der Waals surface area contributed by atoms with E-state index in [0.717, 1.165) is 10.5 Å². The largest absolute Gasteiger partial charge is 0.486 e. The fraction of sp³-hybridized carbons (Fsp3) is 0.200. The summed E-state index contributed by atoms with van der Waals surface area (Å²) >= 11 is 7.69. The summed E-state index contributed by atoms with van der Waals surface area (Å²) in [6.45, 7) is 0.958. The molecule has 1 unspecified atom stereocenters. The molecular formula is C25H23ClN2O4S. The molecule has 4 rings (SSSR count). The van der Waals surface area contributed by atoms with Crippen LogP contribution in [0.25, 0.3) is 0 Å². The summed E-state index contributed by atoms with van der Waals surface area (Å²) in [4.78, 5) is 26.8. The molecule has 0 bridgehead atoms. The van der Waals surface area contributed by atoms with E-state index < -0.39 is 6.04 Å². The van der Waals surface area contributed by atoms with Crippen LogP contribution >= 0.6 is 23.4 Å². The molecule has 0 saturated carbocycles. The van der Waals surface area contributed by atoms with E-state index in [0.29, 0.717) is 41.0 Å². The number of carbonyl (C=O) groups excluding carboxylic acids is 2. The third kappa shape index (κ3) is 5.61. The highest BCUT2D eigenvalue weighted by Crippen LogP contribution is 2.39. The van der Waals surface area contributed by atoms with Gasteiger partial charge >= 0.3 is 0 Å². The monoisotopic (exact) mass is 482 g/mol.